The van der Waals surface area contributed by atoms with Gasteiger partial charge in [-0.1, -0.05) is 11.3 Å². The van der Waals surface area contributed by atoms with Crippen LogP contribution in [0.4, 0.5) is 10.8 Å². The summed E-state index contributed by atoms with van der Waals surface area (Å²) in [6, 6.07) is 9.79. The van der Waals surface area contributed by atoms with Crippen LogP contribution in [0.1, 0.15) is 17.3 Å². The summed E-state index contributed by atoms with van der Waals surface area (Å²) < 4.78 is 8.00. The molecule has 0 unspecified atom stereocenters. The fourth-order valence-electron chi connectivity index (χ4n) is 2.74. The van der Waals surface area contributed by atoms with E-state index in [1.165, 1.54) is 35.9 Å². The maximum Gasteiger partial charge on any atom is 0.284 e. The monoisotopic (exact) mass is 456 g/mol. The van der Waals surface area contributed by atoms with Crippen molar-refractivity contribution in [1.82, 2.24) is 19.7 Å². The maximum atomic E-state index is 12.7. The Hall–Kier alpha value is -3.51. The highest BCUT2D eigenvalue weighted by Gasteiger charge is 2.20. The van der Waals surface area contributed by atoms with Gasteiger partial charge in [0.15, 0.2) is 10.3 Å². The summed E-state index contributed by atoms with van der Waals surface area (Å²) in [6.45, 7) is 2.45. The molecule has 0 aliphatic carbocycles. The molecule has 0 saturated heterocycles. The van der Waals surface area contributed by atoms with Crippen molar-refractivity contribution < 1.29 is 14.5 Å². The summed E-state index contributed by atoms with van der Waals surface area (Å²) in [7, 11) is 1.74. The number of hydrogen-bond donors (Lipinski definition) is 1. The first-order chi connectivity index (χ1) is 14.9. The Balaban J connectivity index is 1.56. The highest BCUT2D eigenvalue weighted by Crippen LogP contribution is 2.35. The van der Waals surface area contributed by atoms with E-state index in [0.717, 1.165) is 27.7 Å². The van der Waals surface area contributed by atoms with Gasteiger partial charge in [-0.3, -0.25) is 20.2 Å². The minimum atomic E-state index is -0.525. The topological polar surface area (TPSA) is 125 Å². The smallest absolute Gasteiger partial charge is 0.284 e. The summed E-state index contributed by atoms with van der Waals surface area (Å²) >= 11 is 2.40. The Morgan fingerprint density at radius 3 is 2.87 bits per heavy atom. The molecule has 2 heterocycles. The first-order valence-electron chi connectivity index (χ1n) is 9.09. The van der Waals surface area contributed by atoms with Crippen molar-refractivity contribution in [3.05, 3.63) is 58.4 Å². The van der Waals surface area contributed by atoms with Gasteiger partial charge in [0.05, 0.1) is 26.6 Å². The molecular formula is C19H16N6O4S2. The maximum absolute atomic E-state index is 12.7. The normalized spacial score (nSPS) is 10.9. The van der Waals surface area contributed by atoms with Crippen LogP contribution in [0, 0.1) is 10.1 Å². The summed E-state index contributed by atoms with van der Waals surface area (Å²) in [5, 5.41) is 22.9. The minimum absolute atomic E-state index is 0.156. The summed E-state index contributed by atoms with van der Waals surface area (Å²) in [5.74, 6) is 0.241. The van der Waals surface area contributed by atoms with Gasteiger partial charge in [0.1, 0.15) is 12.1 Å². The third kappa shape index (κ3) is 4.49. The second-order valence-corrected chi connectivity index (χ2v) is 8.34. The number of rotatable bonds is 7. The zero-order valence-corrected chi connectivity index (χ0v) is 18.1. The number of aromatic nitrogens is 4. The molecule has 12 heteroatoms. The van der Waals surface area contributed by atoms with Gasteiger partial charge in [-0.15, -0.1) is 10.2 Å². The number of aryl methyl sites for hydroxylation is 1. The predicted molar refractivity (Wildman–Crippen MR) is 117 cm³/mol. The average molecular weight is 457 g/mol. The fourth-order valence-corrected chi connectivity index (χ4v) is 4.47. The Morgan fingerprint density at radius 2 is 2.16 bits per heavy atom. The molecule has 1 N–H and O–H groups in total. The van der Waals surface area contributed by atoms with E-state index in [2.05, 4.69) is 20.5 Å². The van der Waals surface area contributed by atoms with Crippen LogP contribution in [0.25, 0.3) is 10.2 Å². The number of carbonyl (C=O) groups is 1. The molecule has 4 aromatic rings. The molecule has 0 atom stereocenters. The standard InChI is InChI=1S/C19H16N6O4S2/c1-3-29-12-5-6-13-16(9-12)30-18(21-13)22-17(26)11-4-7-15(14(8-11)25(27)28)31-19-23-20-10-24(19)2/h4-10H,3H2,1-2H3,(H,21,22,26). The third-order valence-electron chi connectivity index (χ3n) is 4.18. The quantitative estimate of drug-likeness (QED) is 0.325. The average Bonchev–Trinajstić information content (AvgIpc) is 3.33. The van der Waals surface area contributed by atoms with Gasteiger partial charge < -0.3 is 9.30 Å². The van der Waals surface area contributed by atoms with E-state index in [9.17, 15) is 14.9 Å². The summed E-state index contributed by atoms with van der Waals surface area (Å²) in [5.41, 5.74) is 0.694. The molecule has 0 aliphatic heterocycles. The van der Waals surface area contributed by atoms with Gasteiger partial charge in [-0.2, -0.15) is 0 Å². The van der Waals surface area contributed by atoms with Crippen molar-refractivity contribution in [1.29, 1.82) is 0 Å². The van der Waals surface area contributed by atoms with E-state index < -0.39 is 10.8 Å². The molecule has 0 saturated carbocycles. The second kappa shape index (κ2) is 8.70. The van der Waals surface area contributed by atoms with Gasteiger partial charge >= 0.3 is 0 Å². The molecule has 2 aromatic carbocycles. The van der Waals surface area contributed by atoms with Gasteiger partial charge in [0.25, 0.3) is 11.6 Å². The highest BCUT2D eigenvalue weighted by atomic mass is 32.2. The number of carbonyl (C=O) groups excluding carboxylic acids is 1. The van der Waals surface area contributed by atoms with Crippen LogP contribution in [0.15, 0.2) is 52.8 Å². The third-order valence-corrected chi connectivity index (χ3v) is 6.23. The Labute approximate surface area is 184 Å². The molecule has 0 bridgehead atoms. The lowest BCUT2D eigenvalue weighted by molar-refractivity contribution is -0.387. The number of nitro benzene ring substituents is 1. The zero-order valence-electron chi connectivity index (χ0n) is 16.4. The number of benzene rings is 2. The van der Waals surface area contributed by atoms with E-state index in [4.69, 9.17) is 4.74 Å². The number of nitrogens with zero attached hydrogens (tertiary/aromatic N) is 5. The number of amides is 1. The van der Waals surface area contributed by atoms with E-state index >= 15 is 0 Å². The Morgan fingerprint density at radius 1 is 1.32 bits per heavy atom. The first kappa shape index (κ1) is 20.8. The number of nitro groups is 1. The molecule has 0 spiro atoms. The number of ether oxygens (including phenoxy) is 1. The molecule has 1 amide bonds. The van der Waals surface area contributed by atoms with E-state index in [-0.39, 0.29) is 11.3 Å². The lowest BCUT2D eigenvalue weighted by Crippen LogP contribution is -2.12. The molecule has 0 fully saturated rings. The van der Waals surface area contributed by atoms with Crippen LogP contribution in [0.3, 0.4) is 0 Å². The Kier molecular flexibility index (Phi) is 5.82. The molecule has 31 heavy (non-hydrogen) atoms. The zero-order chi connectivity index (χ0) is 22.0. The van der Waals surface area contributed by atoms with Crippen molar-refractivity contribution in [3.63, 3.8) is 0 Å². The van der Waals surface area contributed by atoms with Crippen molar-refractivity contribution in [3.8, 4) is 5.75 Å². The molecule has 158 valence electrons. The number of fused-ring (bicyclic) bond motifs is 1. The summed E-state index contributed by atoms with van der Waals surface area (Å²) in [6.07, 6.45) is 1.51. The van der Waals surface area contributed by atoms with Crippen LogP contribution in [-0.4, -0.2) is 37.2 Å². The number of anilines is 1. The van der Waals surface area contributed by atoms with E-state index in [1.54, 1.807) is 11.6 Å². The molecular weight excluding hydrogens is 440 g/mol. The first-order valence-corrected chi connectivity index (χ1v) is 10.7. The lowest BCUT2D eigenvalue weighted by Gasteiger charge is -2.05. The largest absolute Gasteiger partial charge is 0.494 e. The second-order valence-electron chi connectivity index (χ2n) is 6.30. The van der Waals surface area contributed by atoms with Crippen LogP contribution >= 0.6 is 23.1 Å². The molecule has 10 nitrogen and oxygen atoms in total. The van der Waals surface area contributed by atoms with Crippen molar-refractivity contribution in [2.24, 2.45) is 7.05 Å². The van der Waals surface area contributed by atoms with Gasteiger partial charge in [0, 0.05) is 18.7 Å². The minimum Gasteiger partial charge on any atom is -0.494 e. The van der Waals surface area contributed by atoms with Crippen molar-refractivity contribution in [2.75, 3.05) is 11.9 Å². The molecule has 0 aliphatic rings. The van der Waals surface area contributed by atoms with E-state index in [0.29, 0.717) is 21.8 Å². The van der Waals surface area contributed by atoms with Gasteiger partial charge in [0.2, 0.25) is 0 Å². The van der Waals surface area contributed by atoms with Crippen molar-refractivity contribution in [2.45, 2.75) is 17.0 Å². The molecule has 2 aromatic heterocycles. The van der Waals surface area contributed by atoms with E-state index in [1.807, 2.05) is 25.1 Å². The fraction of sp³-hybridized carbons (Fsp3) is 0.158. The Bertz CT molecular complexity index is 1290. The number of thiazole rings is 1. The van der Waals surface area contributed by atoms with Crippen LogP contribution in [0.5, 0.6) is 5.75 Å². The van der Waals surface area contributed by atoms with Gasteiger partial charge in [-0.05, 0) is 49.0 Å². The number of nitrogens with one attached hydrogen (secondary N) is 1. The van der Waals surface area contributed by atoms with Gasteiger partial charge in [-0.25, -0.2) is 4.98 Å². The lowest BCUT2D eigenvalue weighted by atomic mass is 10.2. The van der Waals surface area contributed by atoms with Crippen LogP contribution in [0.2, 0.25) is 0 Å². The summed E-state index contributed by atoms with van der Waals surface area (Å²) in [4.78, 5) is 28.5. The predicted octanol–water partition coefficient (Wildman–Crippen LogP) is 4.14. The molecule has 0 radical (unpaired) electrons. The van der Waals surface area contributed by atoms with Crippen LogP contribution < -0.4 is 10.1 Å². The number of hydrogen-bond acceptors (Lipinski definition) is 9. The SMILES string of the molecule is CCOc1ccc2nc(NC(=O)c3ccc(Sc4nncn4C)c([N+](=O)[O-])c3)sc2c1. The highest BCUT2D eigenvalue weighted by molar-refractivity contribution is 7.99. The van der Waals surface area contributed by atoms with Crippen molar-refractivity contribution >= 4 is 50.0 Å². The molecule has 4 rings (SSSR count). The van der Waals surface area contributed by atoms with Crippen LogP contribution in [-0.2, 0) is 7.05 Å².